The van der Waals surface area contributed by atoms with Crippen LogP contribution in [0.1, 0.15) is 162 Å². The number of nitrogens with zero attached hydrogens (tertiary/aromatic N) is 14. The molecule has 36 heteroatoms. The van der Waals surface area contributed by atoms with Crippen molar-refractivity contribution in [3.8, 4) is 22.4 Å². The Morgan fingerprint density at radius 3 is 2.35 bits per heavy atom. The number of aliphatic hydroxyl groups is 2. The summed E-state index contributed by atoms with van der Waals surface area (Å²) in [5.74, 6) is -7.62. The van der Waals surface area contributed by atoms with Crippen LogP contribution in [-0.4, -0.2) is 257 Å². The van der Waals surface area contributed by atoms with Crippen LogP contribution in [0.3, 0.4) is 0 Å². The number of anilines is 3. The third-order valence-electron chi connectivity index (χ3n) is 26.4. The number of hydrogen-bond donors (Lipinski definition) is 7. The number of carbonyl (C=O) groups is 7. The van der Waals surface area contributed by atoms with E-state index in [1.807, 2.05) is 118 Å². The quantitative estimate of drug-likeness (QED) is 0.0104. The fourth-order valence-corrected chi connectivity index (χ4v) is 18.6. The summed E-state index contributed by atoms with van der Waals surface area (Å²) in [6.07, 6.45) is 22.7. The number of piperidine rings is 1. The Morgan fingerprint density at radius 2 is 1.57 bits per heavy atom. The van der Waals surface area contributed by atoms with Gasteiger partial charge in [-0.1, -0.05) is 94.5 Å². The van der Waals surface area contributed by atoms with Gasteiger partial charge in [-0.15, -0.1) is 10.6 Å². The van der Waals surface area contributed by atoms with Crippen molar-refractivity contribution in [1.82, 2.24) is 80.8 Å². The van der Waals surface area contributed by atoms with E-state index in [0.717, 1.165) is 46.4 Å². The Balaban J connectivity index is 0.551. The molecule has 0 radical (unpaired) electrons. The zero-order chi connectivity index (χ0) is 93.0. The summed E-state index contributed by atoms with van der Waals surface area (Å²) in [5.41, 5.74) is 27.3. The number of oxazole rings is 1. The summed E-state index contributed by atoms with van der Waals surface area (Å²) in [6, 6.07) is 12.4. The Hall–Kier alpha value is -11.1. The zero-order valence-electron chi connectivity index (χ0n) is 76.9. The Bertz CT molecular complexity index is 5250. The van der Waals surface area contributed by atoms with E-state index >= 15 is 0 Å². The van der Waals surface area contributed by atoms with Gasteiger partial charge in [0, 0.05) is 158 Å². The lowest BCUT2D eigenvalue weighted by Crippen LogP contribution is -2.61. The molecule has 6 aliphatic rings. The number of allylic oxidation sites excluding steroid dienone is 6. The number of Topliss-reactive ketones (excluding diaryl/α,β-unsaturated/α-hetero) is 3. The zero-order valence-corrected chi connectivity index (χ0v) is 76.9. The number of carbonyl (C=O) groups excluding carboxylic acids is 7. The number of cyclic esters (lactones) is 1. The normalized spacial score (nSPS) is 27.3. The molecule has 3 amide bonds. The molecule has 706 valence electrons. The number of esters is 1. The third kappa shape index (κ3) is 24.6. The van der Waals surface area contributed by atoms with Crippen molar-refractivity contribution in [2.45, 2.75) is 225 Å². The number of aliphatic hydroxyl groups excluding tert-OH is 1. The molecule has 3 saturated heterocycles. The number of amides is 3. The molecule has 15 atom stereocenters. The minimum Gasteiger partial charge on any atom is -0.460 e. The van der Waals surface area contributed by atoms with Crippen molar-refractivity contribution in [1.29, 1.82) is 0 Å². The number of aryl methyl sites for hydroxylation is 2. The number of benzene rings is 2. The predicted octanol–water partition coefficient (Wildman–Crippen LogP) is 8.97. The van der Waals surface area contributed by atoms with E-state index < -0.39 is 83.7 Å². The number of fused-ring (bicyclic) bond motifs is 5. The molecule has 9 N–H and O–H groups in total. The Labute approximate surface area is 764 Å². The van der Waals surface area contributed by atoms with Crippen LogP contribution in [0.4, 0.5) is 17.8 Å². The molecule has 36 nitrogen and oxygen atoms in total. The van der Waals surface area contributed by atoms with Crippen molar-refractivity contribution in [3.63, 3.8) is 0 Å². The van der Waals surface area contributed by atoms with E-state index in [9.17, 15) is 43.8 Å². The van der Waals surface area contributed by atoms with Crippen LogP contribution >= 0.6 is 0 Å². The summed E-state index contributed by atoms with van der Waals surface area (Å²) in [6.45, 7) is 17.7. The summed E-state index contributed by atoms with van der Waals surface area (Å²) in [4.78, 5) is 127. The molecule has 1 saturated carbocycles. The number of ketones is 3. The second-order valence-electron chi connectivity index (χ2n) is 35.7. The Morgan fingerprint density at radius 1 is 0.786 bits per heavy atom. The summed E-state index contributed by atoms with van der Waals surface area (Å²) < 4.78 is 51.1. The average molecular weight is 1810 g/mol. The molecule has 0 spiro atoms. The molecule has 4 fully saturated rings. The van der Waals surface area contributed by atoms with Gasteiger partial charge in [-0.3, -0.25) is 33.8 Å². The van der Waals surface area contributed by atoms with Crippen molar-refractivity contribution in [3.05, 3.63) is 132 Å². The van der Waals surface area contributed by atoms with E-state index in [4.69, 9.17) is 64.1 Å². The van der Waals surface area contributed by atoms with Crippen molar-refractivity contribution in [2.24, 2.45) is 35.5 Å². The molecule has 1 aliphatic carbocycles. The molecular formula is C95H129N19O17. The largest absolute Gasteiger partial charge is 0.460 e. The first-order chi connectivity index (χ1) is 63.2. The molecular weight excluding hydrogens is 1680 g/mol. The second kappa shape index (κ2) is 45.8. The highest BCUT2D eigenvalue weighted by molar-refractivity contribution is 6.39. The molecule has 5 aliphatic heterocycles. The van der Waals surface area contributed by atoms with E-state index in [0.29, 0.717) is 181 Å². The monoisotopic (exact) mass is 1810 g/mol. The topological polar surface area (TPSA) is 452 Å². The maximum absolute atomic E-state index is 15.0. The predicted molar refractivity (Wildman–Crippen MR) is 489 cm³/mol. The molecule has 5 aromatic heterocycles. The van der Waals surface area contributed by atoms with Gasteiger partial charge in [-0.25, -0.2) is 34.1 Å². The fourth-order valence-electron chi connectivity index (χ4n) is 18.6. The van der Waals surface area contributed by atoms with Crippen molar-refractivity contribution in [2.75, 3.05) is 103 Å². The number of nitrogens with two attached hydrogens (primary N) is 2. The van der Waals surface area contributed by atoms with Gasteiger partial charge >= 0.3 is 5.97 Å². The van der Waals surface area contributed by atoms with Gasteiger partial charge in [0.1, 0.15) is 53.5 Å². The highest BCUT2D eigenvalue weighted by atomic mass is 16.6. The van der Waals surface area contributed by atoms with Gasteiger partial charge in [0.25, 0.3) is 17.7 Å². The number of ether oxygens (including phenoxy) is 7. The fraction of sp³-hybridized carbons (Fsp3) is 0.568. The smallest absolute Gasteiger partial charge is 0.329 e. The number of nitrogen functional groups attached to an aromatic ring is 2. The molecule has 2 aromatic carbocycles. The van der Waals surface area contributed by atoms with Gasteiger partial charge in [0.15, 0.2) is 17.0 Å². The van der Waals surface area contributed by atoms with Crippen LogP contribution in [0.5, 0.6) is 0 Å². The van der Waals surface area contributed by atoms with E-state index in [1.54, 1.807) is 56.5 Å². The molecule has 7 aromatic rings. The van der Waals surface area contributed by atoms with Gasteiger partial charge in [-0.2, -0.15) is 10.1 Å². The molecule has 2 bridgehead atoms. The maximum Gasteiger partial charge on any atom is 0.329 e. The molecule has 13 rings (SSSR count). The number of methoxy groups -OCH3 is 3. The van der Waals surface area contributed by atoms with Crippen LogP contribution in [0.2, 0.25) is 0 Å². The van der Waals surface area contributed by atoms with Crippen LogP contribution in [0.15, 0.2) is 126 Å². The maximum atomic E-state index is 15.0. The first-order valence-corrected chi connectivity index (χ1v) is 46.1. The first-order valence-electron chi connectivity index (χ1n) is 46.1. The number of unbranched alkanes of at least 4 members (excludes halogenated alkanes) is 1. The lowest BCUT2D eigenvalue weighted by molar-refractivity contribution is -0.265. The van der Waals surface area contributed by atoms with Crippen molar-refractivity contribution >= 4 is 86.7 Å². The molecule has 131 heavy (non-hydrogen) atoms. The van der Waals surface area contributed by atoms with E-state index in [1.165, 1.54) is 18.3 Å². The summed E-state index contributed by atoms with van der Waals surface area (Å²) in [7, 11) is 4.66. The minimum absolute atomic E-state index is 0.0171. The van der Waals surface area contributed by atoms with Gasteiger partial charge in [0.05, 0.1) is 74.1 Å². The highest BCUT2D eigenvalue weighted by Crippen LogP contribution is 2.42. The lowest BCUT2D eigenvalue weighted by atomic mass is 9.77. The van der Waals surface area contributed by atoms with Gasteiger partial charge < -0.3 is 84.7 Å². The van der Waals surface area contributed by atoms with Crippen LogP contribution in [0, 0.1) is 35.5 Å². The van der Waals surface area contributed by atoms with Gasteiger partial charge in [0.2, 0.25) is 23.5 Å². The van der Waals surface area contributed by atoms with E-state index in [2.05, 4.69) is 57.5 Å². The SMILES string of the molecule is CO[C@H]1C[C@@H]2CC[C@@H](C)[C@@](O)(O2)C(=O)C(=O)N2CCCC[C@H]2C(=O)O[C@H]([C@H](C)C[C@@H]2CC[C@H](N3NNC=C3c3cccc(-c4cnc(N5CCN(C(=O)CCc6cn(CCOCCOCCC(=O)NCCCCn7nc(-c8ccc9oc(N)nc9c8)c8c(N)ncnc87)nn6)CC5)nc4)c3)[C@H](OC)C2)CC(=O)[C@H](C)/C=C(\C)[C@@H](O)[C@@H](OC)C(=O)[C@H](C)C[C@H](C)/C=C/C=C/C=C/1C. The number of nitrogens with one attached hydrogen (secondary N) is 3. The number of hydrogen-bond acceptors (Lipinski definition) is 31. The van der Waals surface area contributed by atoms with E-state index in [-0.39, 0.29) is 98.6 Å². The number of hydrazine groups is 2. The number of rotatable bonds is 28. The van der Waals surface area contributed by atoms with Gasteiger partial charge in [-0.05, 0) is 150 Å². The standard InChI is InChI=1S/C95H129N19O17/c1-58-19-12-11-13-20-59(2)78(124-8)51-71-28-24-64(7)95(123,131-71)88(120)91(121)112-34-16-14-23-74(112)92(122)129-79(52-76(115)60(3)46-63(6)86(119)87(126-10)85(118)62(5)45-58)61(4)47-65-25-29-73(80(48-65)125-9)114-75(55-103-107-114)67-22-18-21-66(49-67)69-53-99-94(100-54-69)110-38-36-109(37-39-110)82(117)31-27-70-56-111(108-105-70)40-42-128-44-43-127-41-32-81(116)98-33-15-17-35-113-90-83(89(96)101-57-102-90)84(106-113)68-26-30-77-72(50-68)104-93(97)130-77/h11-13,18-22,26,30,46,49-50,53-58,60-62,64-65,71,73-74,78-80,86-87,103,107,119,123H,14-17,23-25,27-29,31-45,47-48,51-52H2,1-10H3,(H2,97,104)(H,98,116)(H2,96,101,102)/b13-11+,19-12+,59-20+,63-46+/t58-,60-,61-,62-,64-,65+,71+,73+,74+,78+,79+,80-,86-,87+,95-/m1/s1. The third-order valence-corrected chi connectivity index (χ3v) is 26.4. The average Bonchev–Trinajstić information content (AvgIpc) is 1.30. The molecule has 0 unspecified atom stereocenters. The van der Waals surface area contributed by atoms with Crippen LogP contribution < -0.4 is 32.6 Å². The van der Waals surface area contributed by atoms with Crippen LogP contribution in [0.25, 0.3) is 50.2 Å². The van der Waals surface area contributed by atoms with Crippen LogP contribution in [-0.2, 0) is 86.2 Å². The number of piperazine rings is 1. The summed E-state index contributed by atoms with van der Waals surface area (Å²) >= 11 is 0. The Kier molecular flexibility index (Phi) is 34.1. The lowest BCUT2D eigenvalue weighted by Gasteiger charge is -2.43. The summed E-state index contributed by atoms with van der Waals surface area (Å²) in [5, 5.41) is 43.1. The second-order valence-corrected chi connectivity index (χ2v) is 35.7. The highest BCUT2D eigenvalue weighted by Gasteiger charge is 2.53. The first kappa shape index (κ1) is 97.4. The molecule has 10 heterocycles. The minimum atomic E-state index is -2.48. The number of aromatic nitrogens is 10. The van der Waals surface area contributed by atoms with Crippen molar-refractivity contribution < 1.29 is 81.4 Å².